The molecule has 0 radical (unpaired) electrons. The number of alkyl carbamates (subject to hydrolysis) is 1. The summed E-state index contributed by atoms with van der Waals surface area (Å²) < 4.78 is 44.2. The Hall–Kier alpha value is -3.81. The van der Waals surface area contributed by atoms with Crippen LogP contribution in [0.5, 0.6) is 0 Å². The van der Waals surface area contributed by atoms with E-state index in [1.165, 1.54) is 12.1 Å². The molecule has 0 saturated heterocycles. The summed E-state index contributed by atoms with van der Waals surface area (Å²) in [6, 6.07) is 20.2. The van der Waals surface area contributed by atoms with Crippen LogP contribution in [0.4, 0.5) is 18.0 Å². The first-order valence-corrected chi connectivity index (χ1v) is 10.7. The molecular weight excluding hydrogens is 447 g/mol. The quantitative estimate of drug-likeness (QED) is 0.480. The molecule has 3 aromatic carbocycles. The highest BCUT2D eigenvalue weighted by atomic mass is 19.4. The highest BCUT2D eigenvalue weighted by molar-refractivity contribution is 5.79. The number of nitrogens with one attached hydrogen (secondary N) is 1. The van der Waals surface area contributed by atoms with E-state index in [-0.39, 0.29) is 31.1 Å². The number of carboxylic acid groups (broad SMARTS) is 1. The van der Waals surface area contributed by atoms with Gasteiger partial charge in [0.25, 0.3) is 0 Å². The van der Waals surface area contributed by atoms with Crippen molar-refractivity contribution in [3.05, 3.63) is 95.1 Å². The summed E-state index contributed by atoms with van der Waals surface area (Å²) in [4.78, 5) is 23.9. The third kappa shape index (κ3) is 5.06. The predicted octanol–water partition coefficient (Wildman–Crippen LogP) is 5.49. The molecule has 0 fully saturated rings. The van der Waals surface area contributed by atoms with Crippen molar-refractivity contribution < 1.29 is 32.6 Å². The Bertz CT molecular complexity index is 1160. The van der Waals surface area contributed by atoms with Gasteiger partial charge in [0.15, 0.2) is 0 Å². The number of amides is 1. The highest BCUT2D eigenvalue weighted by Gasteiger charge is 2.31. The lowest BCUT2D eigenvalue weighted by molar-refractivity contribution is -0.141. The van der Waals surface area contributed by atoms with E-state index in [0.717, 1.165) is 34.4 Å². The molecule has 0 saturated carbocycles. The molecule has 0 unspecified atom stereocenters. The maximum atomic E-state index is 12.9. The van der Waals surface area contributed by atoms with E-state index in [1.54, 1.807) is 0 Å². The largest absolute Gasteiger partial charge is 0.481 e. The van der Waals surface area contributed by atoms with Gasteiger partial charge in [-0.3, -0.25) is 4.79 Å². The van der Waals surface area contributed by atoms with E-state index in [2.05, 4.69) is 5.32 Å². The van der Waals surface area contributed by atoms with Gasteiger partial charge in [-0.15, -0.1) is 0 Å². The maximum absolute atomic E-state index is 12.9. The Kier molecular flexibility index (Phi) is 6.58. The molecule has 5 nitrogen and oxygen atoms in total. The van der Waals surface area contributed by atoms with Gasteiger partial charge < -0.3 is 15.2 Å². The van der Waals surface area contributed by atoms with Crippen LogP contribution in [0, 0.1) is 5.92 Å². The monoisotopic (exact) mass is 469 g/mol. The van der Waals surface area contributed by atoms with Gasteiger partial charge in [-0.1, -0.05) is 66.7 Å². The smallest absolute Gasteiger partial charge is 0.416 e. The number of hydrogen-bond donors (Lipinski definition) is 2. The van der Waals surface area contributed by atoms with Gasteiger partial charge >= 0.3 is 18.2 Å². The topological polar surface area (TPSA) is 75.6 Å². The second-order valence-electron chi connectivity index (χ2n) is 8.14. The van der Waals surface area contributed by atoms with Crippen molar-refractivity contribution in [1.82, 2.24) is 5.32 Å². The number of hydrogen-bond acceptors (Lipinski definition) is 3. The lowest BCUT2D eigenvalue weighted by atomic mass is 9.98. The first kappa shape index (κ1) is 23.4. The molecule has 1 aliphatic rings. The summed E-state index contributed by atoms with van der Waals surface area (Å²) >= 11 is 0. The van der Waals surface area contributed by atoms with E-state index < -0.39 is 29.7 Å². The molecule has 1 amide bonds. The Morgan fingerprint density at radius 1 is 0.941 bits per heavy atom. The van der Waals surface area contributed by atoms with E-state index in [1.807, 2.05) is 48.5 Å². The van der Waals surface area contributed by atoms with E-state index in [0.29, 0.717) is 0 Å². The third-order valence-corrected chi connectivity index (χ3v) is 5.92. The van der Waals surface area contributed by atoms with Crippen LogP contribution in [0.3, 0.4) is 0 Å². The number of carboxylic acids is 1. The van der Waals surface area contributed by atoms with Gasteiger partial charge in [0.1, 0.15) is 6.61 Å². The number of carbonyl (C=O) groups is 2. The van der Waals surface area contributed by atoms with Crippen LogP contribution in [0.2, 0.25) is 0 Å². The normalized spacial score (nSPS) is 13.6. The Balaban J connectivity index is 1.36. The zero-order chi connectivity index (χ0) is 24.3. The Morgan fingerprint density at radius 2 is 1.56 bits per heavy atom. The summed E-state index contributed by atoms with van der Waals surface area (Å²) in [5.74, 6) is -2.47. The number of rotatable bonds is 7. The van der Waals surface area contributed by atoms with Crippen LogP contribution >= 0.6 is 0 Å². The Morgan fingerprint density at radius 3 is 2.15 bits per heavy atom. The molecule has 8 heteroatoms. The van der Waals surface area contributed by atoms with Crippen LogP contribution in [-0.2, 0) is 22.1 Å². The molecule has 4 rings (SSSR count). The average molecular weight is 469 g/mol. The predicted molar refractivity (Wildman–Crippen MR) is 119 cm³/mol. The van der Waals surface area contributed by atoms with Gasteiger partial charge in [-0.2, -0.15) is 13.2 Å². The van der Waals surface area contributed by atoms with Crippen molar-refractivity contribution >= 4 is 12.1 Å². The minimum Gasteiger partial charge on any atom is -0.481 e. The second-order valence-corrected chi connectivity index (χ2v) is 8.14. The number of fused-ring (bicyclic) bond motifs is 3. The first-order chi connectivity index (χ1) is 16.2. The molecule has 176 valence electrons. The Labute approximate surface area is 194 Å². The molecule has 2 N–H and O–H groups in total. The van der Waals surface area contributed by atoms with Crippen molar-refractivity contribution in [3.8, 4) is 11.1 Å². The number of benzene rings is 3. The van der Waals surface area contributed by atoms with Crippen molar-refractivity contribution in [2.45, 2.75) is 18.5 Å². The van der Waals surface area contributed by atoms with Crippen molar-refractivity contribution in [3.63, 3.8) is 0 Å². The van der Waals surface area contributed by atoms with Gasteiger partial charge in [-0.25, -0.2) is 4.79 Å². The molecule has 0 bridgehead atoms. The van der Waals surface area contributed by atoms with Gasteiger partial charge in [0, 0.05) is 12.5 Å². The molecule has 3 aromatic rings. The van der Waals surface area contributed by atoms with E-state index in [4.69, 9.17) is 4.74 Å². The van der Waals surface area contributed by atoms with Crippen LogP contribution in [-0.4, -0.2) is 30.3 Å². The van der Waals surface area contributed by atoms with Crippen molar-refractivity contribution in [2.75, 3.05) is 13.2 Å². The molecule has 0 aromatic heterocycles. The van der Waals surface area contributed by atoms with Crippen LogP contribution in [0.1, 0.15) is 28.2 Å². The molecule has 0 spiro atoms. The lowest BCUT2D eigenvalue weighted by Crippen LogP contribution is -2.35. The summed E-state index contributed by atoms with van der Waals surface area (Å²) in [6.45, 7) is -0.201. The number of halogens is 3. The molecular formula is C26H22F3NO4. The van der Waals surface area contributed by atoms with Crippen LogP contribution in [0.15, 0.2) is 72.8 Å². The first-order valence-electron chi connectivity index (χ1n) is 10.7. The third-order valence-electron chi connectivity index (χ3n) is 5.92. The fourth-order valence-corrected chi connectivity index (χ4v) is 4.26. The molecule has 1 atom stereocenters. The molecule has 34 heavy (non-hydrogen) atoms. The summed E-state index contributed by atoms with van der Waals surface area (Å²) in [5, 5.41) is 11.9. The van der Waals surface area contributed by atoms with Gasteiger partial charge in [-0.05, 0) is 40.3 Å². The van der Waals surface area contributed by atoms with Crippen LogP contribution in [0.25, 0.3) is 11.1 Å². The van der Waals surface area contributed by atoms with Gasteiger partial charge in [0.05, 0.1) is 11.5 Å². The number of carbonyl (C=O) groups excluding carboxylic acids is 1. The van der Waals surface area contributed by atoms with Crippen LogP contribution < -0.4 is 5.32 Å². The zero-order valence-electron chi connectivity index (χ0n) is 18.0. The molecule has 1 aliphatic carbocycles. The summed E-state index contributed by atoms with van der Waals surface area (Å²) in [7, 11) is 0. The standard InChI is InChI=1S/C26H22F3NO4/c27-26(28,29)18-7-5-6-16(13-18)12-17(24(31)32)14-30-25(33)34-15-23-21-10-3-1-8-19(21)20-9-2-4-11-22(20)23/h1-11,13,17,23H,12,14-15H2,(H,30,33)(H,31,32)/t17-/m0/s1. The van der Waals surface area contributed by atoms with E-state index >= 15 is 0 Å². The second kappa shape index (κ2) is 9.59. The molecule has 0 heterocycles. The van der Waals surface area contributed by atoms with Gasteiger partial charge in [0.2, 0.25) is 0 Å². The highest BCUT2D eigenvalue weighted by Crippen LogP contribution is 2.44. The lowest BCUT2D eigenvalue weighted by Gasteiger charge is -2.17. The minimum absolute atomic E-state index is 0.0746. The van der Waals surface area contributed by atoms with E-state index in [9.17, 15) is 27.9 Å². The SMILES string of the molecule is O=C(NC[C@H](Cc1cccc(C(F)(F)F)c1)C(=O)O)OCC1c2ccccc2-c2ccccc21. The maximum Gasteiger partial charge on any atom is 0.416 e. The summed E-state index contributed by atoms with van der Waals surface area (Å²) in [5.41, 5.74) is 3.63. The number of ether oxygens (including phenoxy) is 1. The average Bonchev–Trinajstić information content (AvgIpc) is 3.13. The van der Waals surface area contributed by atoms with Crippen molar-refractivity contribution in [2.24, 2.45) is 5.92 Å². The molecule has 0 aliphatic heterocycles. The fourth-order valence-electron chi connectivity index (χ4n) is 4.26. The number of alkyl halides is 3. The minimum atomic E-state index is -4.52. The van der Waals surface area contributed by atoms with Crippen molar-refractivity contribution in [1.29, 1.82) is 0 Å². The number of aliphatic carboxylic acids is 1. The zero-order valence-corrected chi connectivity index (χ0v) is 18.0. The fraction of sp³-hybridized carbons (Fsp3) is 0.231. The summed E-state index contributed by atoms with van der Waals surface area (Å²) in [6.07, 6.45) is -5.46.